The first kappa shape index (κ1) is 18.7. The van der Waals surface area contributed by atoms with Crippen LogP contribution in [0.1, 0.15) is 12.8 Å². The van der Waals surface area contributed by atoms with Gasteiger partial charge in [-0.2, -0.15) is 0 Å². The first-order valence-corrected chi connectivity index (χ1v) is 11.2. The predicted octanol–water partition coefficient (Wildman–Crippen LogP) is 2.49. The molecule has 1 fully saturated rings. The van der Waals surface area contributed by atoms with E-state index in [-0.39, 0.29) is 22.2 Å². The van der Waals surface area contributed by atoms with Gasteiger partial charge in [0, 0.05) is 18.8 Å². The molecule has 1 aliphatic rings. The molecule has 2 heterocycles. The molecule has 9 heteroatoms. The molecule has 1 amide bonds. The van der Waals surface area contributed by atoms with Crippen LogP contribution in [0.3, 0.4) is 0 Å². The fourth-order valence-electron chi connectivity index (χ4n) is 3.29. The maximum Gasteiger partial charge on any atom is 0.308 e. The summed E-state index contributed by atoms with van der Waals surface area (Å²) in [5.41, 5.74) is 1.03. The van der Waals surface area contributed by atoms with Crippen LogP contribution in [-0.2, 0) is 21.4 Å². The summed E-state index contributed by atoms with van der Waals surface area (Å²) >= 11 is 0.944. The van der Waals surface area contributed by atoms with E-state index in [1.807, 2.05) is 0 Å². The lowest BCUT2D eigenvalue weighted by molar-refractivity contribution is -0.130. The minimum atomic E-state index is -3.77. The van der Waals surface area contributed by atoms with Crippen molar-refractivity contribution in [3.63, 3.8) is 0 Å². The number of anilines is 1. The summed E-state index contributed by atoms with van der Waals surface area (Å²) in [5, 5.41) is 0. The minimum absolute atomic E-state index is 0.0206. The van der Waals surface area contributed by atoms with Gasteiger partial charge in [-0.15, -0.1) is 0 Å². The topological polar surface area (TPSA) is 88.5 Å². The molecule has 2 aromatic carbocycles. The molecule has 0 radical (unpaired) electrons. The number of sulfonamides is 1. The van der Waals surface area contributed by atoms with Gasteiger partial charge in [-0.3, -0.25) is 18.9 Å². The molecule has 0 bridgehead atoms. The highest BCUT2D eigenvalue weighted by Crippen LogP contribution is 2.24. The lowest BCUT2D eigenvalue weighted by atomic mass is 10.3. The second-order valence-corrected chi connectivity index (χ2v) is 9.32. The minimum Gasteiger partial charge on any atom is -0.341 e. The van der Waals surface area contributed by atoms with Crippen molar-refractivity contribution in [2.75, 3.05) is 17.8 Å². The first-order chi connectivity index (χ1) is 13.4. The van der Waals surface area contributed by atoms with Gasteiger partial charge >= 0.3 is 4.87 Å². The van der Waals surface area contributed by atoms with Crippen molar-refractivity contribution >= 4 is 43.2 Å². The van der Waals surface area contributed by atoms with Crippen LogP contribution in [0, 0.1) is 0 Å². The molecule has 1 N–H and O–H groups in total. The average Bonchev–Trinajstić information content (AvgIpc) is 3.30. The summed E-state index contributed by atoms with van der Waals surface area (Å²) in [4.78, 5) is 26.4. The van der Waals surface area contributed by atoms with Gasteiger partial charge in [-0.1, -0.05) is 29.5 Å². The normalized spacial score (nSPS) is 14.5. The van der Waals surface area contributed by atoms with Gasteiger partial charge in [0.15, 0.2) is 0 Å². The zero-order valence-electron chi connectivity index (χ0n) is 15.0. The summed E-state index contributed by atoms with van der Waals surface area (Å²) in [6.45, 7) is 1.43. The number of nitrogens with one attached hydrogen (secondary N) is 1. The number of benzene rings is 2. The summed E-state index contributed by atoms with van der Waals surface area (Å²) in [6, 6.07) is 13.1. The summed E-state index contributed by atoms with van der Waals surface area (Å²) in [7, 11) is -3.77. The number of amides is 1. The van der Waals surface area contributed by atoms with Crippen LogP contribution in [-0.4, -0.2) is 36.9 Å². The third-order valence-corrected chi connectivity index (χ3v) is 7.05. The summed E-state index contributed by atoms with van der Waals surface area (Å²) in [5.74, 6) is -0.0817. The highest BCUT2D eigenvalue weighted by atomic mass is 32.2. The van der Waals surface area contributed by atoms with E-state index in [0.29, 0.717) is 15.9 Å². The molecule has 146 valence electrons. The number of para-hydroxylation sites is 1. The maximum atomic E-state index is 12.6. The average molecular weight is 418 g/mol. The van der Waals surface area contributed by atoms with E-state index < -0.39 is 10.0 Å². The highest BCUT2D eigenvalue weighted by molar-refractivity contribution is 7.92. The lowest BCUT2D eigenvalue weighted by Gasteiger charge is -2.15. The van der Waals surface area contributed by atoms with Crippen LogP contribution in [0.25, 0.3) is 10.2 Å². The number of likely N-dealkylation sites (tertiary alicyclic amines) is 1. The second-order valence-electron chi connectivity index (χ2n) is 6.64. The Bertz CT molecular complexity index is 1180. The van der Waals surface area contributed by atoms with Crippen LogP contribution < -0.4 is 9.60 Å². The molecule has 0 unspecified atom stereocenters. The van der Waals surface area contributed by atoms with Crippen LogP contribution in [0.5, 0.6) is 0 Å². The van der Waals surface area contributed by atoms with Crippen molar-refractivity contribution in [3.05, 3.63) is 58.2 Å². The largest absolute Gasteiger partial charge is 0.341 e. The number of rotatable bonds is 5. The number of hydrogen-bond acceptors (Lipinski definition) is 5. The molecule has 1 saturated heterocycles. The Morgan fingerprint density at radius 3 is 2.50 bits per heavy atom. The van der Waals surface area contributed by atoms with Crippen molar-refractivity contribution in [1.82, 2.24) is 9.47 Å². The molecule has 0 saturated carbocycles. The number of hydrogen-bond donors (Lipinski definition) is 1. The quantitative estimate of drug-likeness (QED) is 0.691. The van der Waals surface area contributed by atoms with Gasteiger partial charge in [0.1, 0.15) is 6.54 Å². The zero-order valence-corrected chi connectivity index (χ0v) is 16.6. The van der Waals surface area contributed by atoms with Crippen molar-refractivity contribution in [2.45, 2.75) is 24.3 Å². The molecule has 4 rings (SSSR count). The Hall–Kier alpha value is -2.65. The zero-order chi connectivity index (χ0) is 19.7. The van der Waals surface area contributed by atoms with Crippen LogP contribution >= 0.6 is 11.3 Å². The Morgan fingerprint density at radius 2 is 1.79 bits per heavy atom. The van der Waals surface area contributed by atoms with Crippen molar-refractivity contribution in [1.29, 1.82) is 0 Å². The highest BCUT2D eigenvalue weighted by Gasteiger charge is 2.21. The SMILES string of the molecule is O=C(Cn1c(=O)sc2cc(S(=O)(=O)Nc3ccccc3)ccc21)N1CCCC1. The fraction of sp³-hybridized carbons (Fsp3) is 0.263. The number of thiazole rings is 1. The third-order valence-electron chi connectivity index (χ3n) is 4.73. The van der Waals surface area contributed by atoms with Gasteiger partial charge in [0.25, 0.3) is 10.0 Å². The summed E-state index contributed by atoms with van der Waals surface area (Å²) < 4.78 is 29.7. The van der Waals surface area contributed by atoms with Gasteiger partial charge < -0.3 is 4.90 Å². The van der Waals surface area contributed by atoms with E-state index in [1.165, 1.54) is 16.7 Å². The number of carbonyl (C=O) groups is 1. The van der Waals surface area contributed by atoms with E-state index in [4.69, 9.17) is 0 Å². The van der Waals surface area contributed by atoms with Gasteiger partial charge in [0.2, 0.25) is 5.91 Å². The smallest absolute Gasteiger partial charge is 0.308 e. The summed E-state index contributed by atoms with van der Waals surface area (Å²) in [6.07, 6.45) is 1.97. The number of fused-ring (bicyclic) bond motifs is 1. The molecule has 3 aromatic rings. The van der Waals surface area contributed by atoms with Gasteiger partial charge in [0.05, 0.1) is 15.1 Å². The maximum absolute atomic E-state index is 12.6. The standard InChI is InChI=1S/C19H19N3O4S2/c23-18(21-10-4-5-11-21)13-22-16-9-8-15(12-17(16)27-19(22)24)28(25,26)20-14-6-2-1-3-7-14/h1-3,6-9,12,20H,4-5,10-11,13H2. The van der Waals surface area contributed by atoms with E-state index in [0.717, 1.165) is 37.3 Å². The number of nitrogens with zero attached hydrogens (tertiary/aromatic N) is 2. The van der Waals surface area contributed by atoms with E-state index >= 15 is 0 Å². The molecule has 0 aliphatic carbocycles. The molecule has 7 nitrogen and oxygen atoms in total. The van der Waals surface area contributed by atoms with Crippen LogP contribution in [0.15, 0.2) is 58.2 Å². The number of carbonyl (C=O) groups excluding carboxylic acids is 1. The molecule has 1 aliphatic heterocycles. The molecular weight excluding hydrogens is 398 g/mol. The molecular formula is C19H19N3O4S2. The van der Waals surface area contributed by atoms with Gasteiger partial charge in [-0.25, -0.2) is 8.42 Å². The third kappa shape index (κ3) is 3.67. The second kappa shape index (κ2) is 7.40. The van der Waals surface area contributed by atoms with Crippen LogP contribution in [0.2, 0.25) is 0 Å². The van der Waals surface area contributed by atoms with Crippen molar-refractivity contribution in [3.8, 4) is 0 Å². The fourth-order valence-corrected chi connectivity index (χ4v) is 5.37. The molecule has 28 heavy (non-hydrogen) atoms. The number of aromatic nitrogens is 1. The van der Waals surface area contributed by atoms with E-state index in [1.54, 1.807) is 41.3 Å². The van der Waals surface area contributed by atoms with Crippen LogP contribution in [0.4, 0.5) is 5.69 Å². The molecule has 0 atom stereocenters. The Morgan fingerprint density at radius 1 is 1.07 bits per heavy atom. The van der Waals surface area contributed by atoms with Crippen molar-refractivity contribution < 1.29 is 13.2 Å². The Balaban J connectivity index is 1.63. The molecule has 1 aromatic heterocycles. The monoisotopic (exact) mass is 417 g/mol. The van der Waals surface area contributed by atoms with E-state index in [2.05, 4.69) is 4.72 Å². The molecule has 0 spiro atoms. The first-order valence-electron chi connectivity index (χ1n) is 8.93. The lowest BCUT2D eigenvalue weighted by Crippen LogP contribution is -2.33. The Labute approximate surface area is 166 Å². The Kier molecular flexibility index (Phi) is 4.94. The van der Waals surface area contributed by atoms with E-state index in [9.17, 15) is 18.0 Å². The van der Waals surface area contributed by atoms with Gasteiger partial charge in [-0.05, 0) is 43.2 Å². The van der Waals surface area contributed by atoms with Crippen molar-refractivity contribution in [2.24, 2.45) is 0 Å². The predicted molar refractivity (Wildman–Crippen MR) is 109 cm³/mol.